The summed E-state index contributed by atoms with van der Waals surface area (Å²) in [5, 5.41) is 3.59. The summed E-state index contributed by atoms with van der Waals surface area (Å²) in [4.78, 5) is 14.4. The second-order valence-electron chi connectivity index (χ2n) is 7.51. The molecule has 0 radical (unpaired) electrons. The van der Waals surface area contributed by atoms with E-state index in [0.717, 1.165) is 25.7 Å². The van der Waals surface area contributed by atoms with Crippen molar-refractivity contribution in [1.82, 2.24) is 10.2 Å². The van der Waals surface area contributed by atoms with Crippen LogP contribution in [0.3, 0.4) is 0 Å². The van der Waals surface area contributed by atoms with Crippen molar-refractivity contribution >= 4 is 28.2 Å². The van der Waals surface area contributed by atoms with Gasteiger partial charge in [-0.3, -0.25) is 4.79 Å². The SMILES string of the molecule is CN(C(=O)CC1(CS(C)(=O)=O)CC1)C1CC2CCC(C1)N2.Cl. The first-order valence-electron chi connectivity index (χ1n) is 7.96. The van der Waals surface area contributed by atoms with Crippen molar-refractivity contribution in [1.29, 1.82) is 0 Å². The van der Waals surface area contributed by atoms with Gasteiger partial charge in [0.2, 0.25) is 5.91 Å². The van der Waals surface area contributed by atoms with E-state index in [4.69, 9.17) is 0 Å². The van der Waals surface area contributed by atoms with Gasteiger partial charge in [-0.2, -0.15) is 0 Å². The molecule has 5 nitrogen and oxygen atoms in total. The van der Waals surface area contributed by atoms with Crippen LogP contribution in [-0.4, -0.2) is 56.4 Å². The van der Waals surface area contributed by atoms with Crippen LogP contribution < -0.4 is 5.32 Å². The monoisotopic (exact) mass is 350 g/mol. The Bertz CT molecular complexity index is 521. The molecule has 0 aromatic rings. The zero-order chi connectivity index (χ0) is 15.3. The van der Waals surface area contributed by atoms with Gasteiger partial charge in [0, 0.05) is 37.8 Å². The van der Waals surface area contributed by atoms with E-state index < -0.39 is 9.84 Å². The van der Waals surface area contributed by atoms with Gasteiger partial charge in [-0.15, -0.1) is 12.4 Å². The topological polar surface area (TPSA) is 66.5 Å². The van der Waals surface area contributed by atoms with Crippen LogP contribution in [0, 0.1) is 5.41 Å². The molecule has 2 bridgehead atoms. The van der Waals surface area contributed by atoms with E-state index in [2.05, 4.69) is 5.32 Å². The smallest absolute Gasteiger partial charge is 0.223 e. The number of amides is 1. The molecule has 1 aliphatic carbocycles. The molecule has 3 rings (SSSR count). The first kappa shape index (κ1) is 18.0. The van der Waals surface area contributed by atoms with Crippen LogP contribution in [0.1, 0.15) is 44.9 Å². The number of halogens is 1. The molecule has 2 atom stereocenters. The molecule has 1 N–H and O–H groups in total. The molecule has 0 aromatic heterocycles. The summed E-state index contributed by atoms with van der Waals surface area (Å²) in [6, 6.07) is 1.45. The van der Waals surface area contributed by atoms with Gasteiger partial charge in [-0.05, 0) is 43.9 Å². The first-order chi connectivity index (χ1) is 9.76. The minimum Gasteiger partial charge on any atom is -0.343 e. The second kappa shape index (κ2) is 6.29. The van der Waals surface area contributed by atoms with E-state index in [1.54, 1.807) is 0 Å². The Morgan fingerprint density at radius 1 is 1.23 bits per heavy atom. The summed E-state index contributed by atoms with van der Waals surface area (Å²) >= 11 is 0. The average Bonchev–Trinajstić information content (AvgIpc) is 3.02. The molecule has 2 unspecified atom stereocenters. The Balaban J connectivity index is 0.00000176. The number of sulfone groups is 1. The highest BCUT2D eigenvalue weighted by atomic mass is 35.5. The molecule has 2 aliphatic heterocycles. The second-order valence-corrected chi connectivity index (χ2v) is 9.65. The van der Waals surface area contributed by atoms with Crippen molar-refractivity contribution in [3.63, 3.8) is 0 Å². The van der Waals surface area contributed by atoms with Gasteiger partial charge in [-0.1, -0.05) is 0 Å². The zero-order valence-electron chi connectivity index (χ0n) is 13.4. The van der Waals surface area contributed by atoms with Gasteiger partial charge < -0.3 is 10.2 Å². The van der Waals surface area contributed by atoms with Crippen molar-refractivity contribution in [2.45, 2.75) is 63.1 Å². The molecule has 1 amide bonds. The van der Waals surface area contributed by atoms with Crippen molar-refractivity contribution in [3.8, 4) is 0 Å². The van der Waals surface area contributed by atoms with Crippen LogP contribution in [0.15, 0.2) is 0 Å². The van der Waals surface area contributed by atoms with Crippen molar-refractivity contribution in [2.24, 2.45) is 5.41 Å². The van der Waals surface area contributed by atoms with Gasteiger partial charge in [0.1, 0.15) is 9.84 Å². The van der Waals surface area contributed by atoms with Crippen molar-refractivity contribution in [2.75, 3.05) is 19.1 Å². The first-order valence-corrected chi connectivity index (χ1v) is 10.0. The summed E-state index contributed by atoms with van der Waals surface area (Å²) in [5.74, 6) is 0.291. The van der Waals surface area contributed by atoms with Crippen LogP contribution in [0.2, 0.25) is 0 Å². The zero-order valence-corrected chi connectivity index (χ0v) is 15.0. The van der Waals surface area contributed by atoms with Gasteiger partial charge in [0.25, 0.3) is 0 Å². The van der Waals surface area contributed by atoms with E-state index in [1.165, 1.54) is 19.1 Å². The fourth-order valence-electron chi connectivity index (χ4n) is 4.10. The molecule has 2 saturated heterocycles. The summed E-state index contributed by atoms with van der Waals surface area (Å²) in [6.45, 7) is 0. The van der Waals surface area contributed by atoms with Gasteiger partial charge in [0.05, 0.1) is 5.75 Å². The molecule has 7 heteroatoms. The number of nitrogens with one attached hydrogen (secondary N) is 1. The van der Waals surface area contributed by atoms with Crippen LogP contribution in [0.25, 0.3) is 0 Å². The van der Waals surface area contributed by atoms with E-state index in [1.807, 2.05) is 11.9 Å². The number of hydrogen-bond acceptors (Lipinski definition) is 4. The quantitative estimate of drug-likeness (QED) is 0.813. The lowest BCUT2D eigenvalue weighted by molar-refractivity contribution is -0.133. The number of carbonyl (C=O) groups is 1. The number of carbonyl (C=O) groups excluding carboxylic acids is 1. The minimum atomic E-state index is -3.00. The maximum atomic E-state index is 12.5. The lowest BCUT2D eigenvalue weighted by Gasteiger charge is -2.36. The number of nitrogens with zero attached hydrogens (tertiary/aromatic N) is 1. The average molecular weight is 351 g/mol. The van der Waals surface area contributed by atoms with Gasteiger partial charge in [-0.25, -0.2) is 8.42 Å². The molecule has 22 heavy (non-hydrogen) atoms. The molecule has 1 saturated carbocycles. The number of piperidine rings is 1. The van der Waals surface area contributed by atoms with Gasteiger partial charge >= 0.3 is 0 Å². The standard InChI is InChI=1S/C15H26N2O3S.ClH/c1-17(13-7-11-3-4-12(8-13)16-11)14(18)9-15(5-6-15)10-21(2,19)20;/h11-13,16H,3-10H2,1-2H3;1H. The summed E-state index contributed by atoms with van der Waals surface area (Å²) in [5.41, 5.74) is -0.259. The highest BCUT2D eigenvalue weighted by molar-refractivity contribution is 7.90. The molecule has 0 aromatic carbocycles. The van der Waals surface area contributed by atoms with Crippen molar-refractivity contribution < 1.29 is 13.2 Å². The number of fused-ring (bicyclic) bond motifs is 2. The van der Waals surface area contributed by atoms with Crippen molar-refractivity contribution in [3.05, 3.63) is 0 Å². The lowest BCUT2D eigenvalue weighted by Crippen LogP contribution is -2.49. The third-order valence-corrected chi connectivity index (χ3v) is 6.58. The maximum absolute atomic E-state index is 12.5. The Kier molecular flexibility index (Phi) is 5.15. The highest BCUT2D eigenvalue weighted by Gasteiger charge is 2.48. The highest BCUT2D eigenvalue weighted by Crippen LogP contribution is 2.50. The molecule has 2 heterocycles. The molecular weight excluding hydrogens is 324 g/mol. The third-order valence-electron chi connectivity index (χ3n) is 5.44. The normalized spacial score (nSPS) is 32.2. The van der Waals surface area contributed by atoms with E-state index in [9.17, 15) is 13.2 Å². The van der Waals surface area contributed by atoms with Crippen LogP contribution in [0.4, 0.5) is 0 Å². The minimum absolute atomic E-state index is 0. The van der Waals surface area contributed by atoms with Crippen LogP contribution in [0.5, 0.6) is 0 Å². The van der Waals surface area contributed by atoms with Gasteiger partial charge in [0.15, 0.2) is 0 Å². The molecule has 128 valence electrons. The number of hydrogen-bond donors (Lipinski definition) is 1. The summed E-state index contributed by atoms with van der Waals surface area (Å²) in [6.07, 6.45) is 7.94. The fraction of sp³-hybridized carbons (Fsp3) is 0.933. The summed E-state index contributed by atoms with van der Waals surface area (Å²) in [7, 11) is -1.11. The predicted octanol–water partition coefficient (Wildman–Crippen LogP) is 1.36. The lowest BCUT2D eigenvalue weighted by atomic mass is 9.97. The Labute approximate surface area is 139 Å². The third kappa shape index (κ3) is 4.15. The number of rotatable bonds is 5. The molecule has 0 spiro atoms. The van der Waals surface area contributed by atoms with E-state index in [-0.39, 0.29) is 29.5 Å². The Morgan fingerprint density at radius 2 is 1.77 bits per heavy atom. The van der Waals surface area contributed by atoms with E-state index in [0.29, 0.717) is 24.5 Å². The predicted molar refractivity (Wildman–Crippen MR) is 89.0 cm³/mol. The summed E-state index contributed by atoms with van der Waals surface area (Å²) < 4.78 is 23.0. The molecule has 3 aliphatic rings. The fourth-order valence-corrected chi connectivity index (χ4v) is 5.60. The molecule has 3 fully saturated rings. The largest absolute Gasteiger partial charge is 0.343 e. The molecular formula is C15H27ClN2O3S. The Morgan fingerprint density at radius 3 is 2.23 bits per heavy atom. The Hall–Kier alpha value is -0.330. The van der Waals surface area contributed by atoms with Crippen LogP contribution >= 0.6 is 12.4 Å². The van der Waals surface area contributed by atoms with E-state index >= 15 is 0 Å². The maximum Gasteiger partial charge on any atom is 0.223 e. The van der Waals surface area contributed by atoms with Crippen LogP contribution in [-0.2, 0) is 14.6 Å².